The van der Waals surface area contributed by atoms with Gasteiger partial charge in [-0.2, -0.15) is 0 Å². The average molecular weight is 340 g/mol. The first kappa shape index (κ1) is 16.7. The number of hydrogen-bond donors (Lipinski definition) is 1. The Bertz CT molecular complexity index is 865. The van der Waals surface area contributed by atoms with Gasteiger partial charge in [0.15, 0.2) is 5.82 Å². The number of primary amides is 1. The molecular weight excluding hydrogens is 320 g/mol. The third-order valence-electron chi connectivity index (χ3n) is 3.94. The van der Waals surface area contributed by atoms with Crippen LogP contribution < -0.4 is 10.5 Å². The molecule has 2 aromatic heterocycles. The van der Waals surface area contributed by atoms with E-state index < -0.39 is 11.9 Å². The summed E-state index contributed by atoms with van der Waals surface area (Å²) in [6.45, 7) is 3.82. The van der Waals surface area contributed by atoms with E-state index in [-0.39, 0.29) is 5.92 Å². The van der Waals surface area contributed by atoms with Crippen molar-refractivity contribution >= 4 is 5.91 Å². The van der Waals surface area contributed by atoms with Gasteiger partial charge in [0.1, 0.15) is 17.5 Å². The fraction of sp³-hybridized carbons (Fsp3) is 0.294. The Balaban J connectivity index is 1.96. The van der Waals surface area contributed by atoms with Crippen LogP contribution in [-0.2, 0) is 4.79 Å². The van der Waals surface area contributed by atoms with Crippen molar-refractivity contribution in [1.82, 2.24) is 24.5 Å². The molecular formula is C17H20N6O2. The maximum atomic E-state index is 11.7. The van der Waals surface area contributed by atoms with E-state index in [2.05, 4.69) is 15.3 Å². The van der Waals surface area contributed by atoms with Gasteiger partial charge in [0.2, 0.25) is 5.91 Å². The van der Waals surface area contributed by atoms with Gasteiger partial charge in [-0.3, -0.25) is 9.36 Å². The Morgan fingerprint density at radius 3 is 2.56 bits per heavy atom. The van der Waals surface area contributed by atoms with Crippen LogP contribution >= 0.6 is 0 Å². The van der Waals surface area contributed by atoms with E-state index in [0.717, 1.165) is 11.4 Å². The molecule has 0 saturated heterocycles. The predicted octanol–water partition coefficient (Wildman–Crippen LogP) is 1.82. The summed E-state index contributed by atoms with van der Waals surface area (Å²) >= 11 is 0. The highest BCUT2D eigenvalue weighted by molar-refractivity contribution is 5.78. The maximum Gasteiger partial charge on any atom is 0.242 e. The number of nitrogens with two attached hydrogens (primary N) is 1. The lowest BCUT2D eigenvalue weighted by molar-refractivity contribution is -0.122. The van der Waals surface area contributed by atoms with Gasteiger partial charge >= 0.3 is 0 Å². The molecule has 3 aromatic rings. The fourth-order valence-electron chi connectivity index (χ4n) is 2.72. The Hall–Kier alpha value is -3.16. The molecule has 0 unspecified atom stereocenters. The second kappa shape index (κ2) is 6.76. The number of methoxy groups -OCH3 is 1. The minimum absolute atomic E-state index is 0.00776. The standard InChI is InChI=1S/C17H20N6O2/c1-11(2)15(16(18)24)23-10-14(20-21-23)17-19-8-9-22(17)12-4-6-13(25-3)7-5-12/h4-11,15H,1-3H3,(H2,18,24)/t15-/m0/s1. The van der Waals surface area contributed by atoms with E-state index in [0.29, 0.717) is 11.5 Å². The second-order valence-corrected chi connectivity index (χ2v) is 5.99. The topological polar surface area (TPSA) is 101 Å². The highest BCUT2D eigenvalue weighted by atomic mass is 16.5. The van der Waals surface area contributed by atoms with Crippen molar-refractivity contribution in [2.75, 3.05) is 7.11 Å². The van der Waals surface area contributed by atoms with Crippen LogP contribution in [0.3, 0.4) is 0 Å². The number of nitrogens with zero attached hydrogens (tertiary/aromatic N) is 5. The monoisotopic (exact) mass is 340 g/mol. The van der Waals surface area contributed by atoms with Crippen LogP contribution in [0.25, 0.3) is 17.2 Å². The van der Waals surface area contributed by atoms with Gasteiger partial charge in [-0.05, 0) is 30.2 Å². The van der Waals surface area contributed by atoms with Crippen LogP contribution in [0.2, 0.25) is 0 Å². The van der Waals surface area contributed by atoms with E-state index in [1.807, 2.05) is 48.9 Å². The lowest BCUT2D eigenvalue weighted by atomic mass is 10.0. The van der Waals surface area contributed by atoms with Crippen LogP contribution in [0.5, 0.6) is 5.75 Å². The average Bonchev–Trinajstić information content (AvgIpc) is 3.23. The third kappa shape index (κ3) is 3.23. The number of benzene rings is 1. The first-order chi connectivity index (χ1) is 12.0. The van der Waals surface area contributed by atoms with Gasteiger partial charge in [-0.25, -0.2) is 9.67 Å². The molecule has 2 N–H and O–H groups in total. The fourth-order valence-corrected chi connectivity index (χ4v) is 2.72. The summed E-state index contributed by atoms with van der Waals surface area (Å²) in [5.74, 6) is 0.972. The Kier molecular flexibility index (Phi) is 4.51. The lowest BCUT2D eigenvalue weighted by Gasteiger charge is -2.16. The van der Waals surface area contributed by atoms with Crippen molar-refractivity contribution in [3.63, 3.8) is 0 Å². The largest absolute Gasteiger partial charge is 0.497 e. The summed E-state index contributed by atoms with van der Waals surface area (Å²) in [4.78, 5) is 16.1. The molecule has 1 atom stereocenters. The number of imidazole rings is 1. The van der Waals surface area contributed by atoms with Crippen molar-refractivity contribution in [3.05, 3.63) is 42.9 Å². The second-order valence-electron chi connectivity index (χ2n) is 5.99. The molecule has 0 radical (unpaired) electrons. The smallest absolute Gasteiger partial charge is 0.242 e. The van der Waals surface area contributed by atoms with Crippen LogP contribution in [0.1, 0.15) is 19.9 Å². The molecule has 8 heteroatoms. The molecule has 1 aromatic carbocycles. The molecule has 0 aliphatic carbocycles. The lowest BCUT2D eigenvalue weighted by Crippen LogP contribution is -2.30. The minimum atomic E-state index is -0.550. The van der Waals surface area contributed by atoms with Crippen LogP contribution in [-0.4, -0.2) is 37.6 Å². The molecule has 0 saturated carbocycles. The van der Waals surface area contributed by atoms with Crippen molar-refractivity contribution in [2.45, 2.75) is 19.9 Å². The Labute approximate surface area is 145 Å². The zero-order valence-corrected chi connectivity index (χ0v) is 14.3. The molecule has 130 valence electrons. The molecule has 0 aliphatic rings. The SMILES string of the molecule is COc1ccc(-n2ccnc2-c2cn([C@H](C(N)=O)C(C)C)nn2)cc1. The molecule has 8 nitrogen and oxygen atoms in total. The molecule has 0 spiro atoms. The van der Waals surface area contributed by atoms with E-state index in [1.165, 1.54) is 4.68 Å². The first-order valence-electron chi connectivity index (χ1n) is 7.90. The summed E-state index contributed by atoms with van der Waals surface area (Å²) in [6.07, 6.45) is 5.22. The van der Waals surface area contributed by atoms with Gasteiger partial charge in [-0.1, -0.05) is 19.1 Å². The molecule has 3 rings (SSSR count). The van der Waals surface area contributed by atoms with Gasteiger partial charge in [0.25, 0.3) is 0 Å². The van der Waals surface area contributed by atoms with Crippen molar-refractivity contribution < 1.29 is 9.53 Å². The number of rotatable bonds is 6. The molecule has 1 amide bonds. The van der Waals surface area contributed by atoms with E-state index >= 15 is 0 Å². The summed E-state index contributed by atoms with van der Waals surface area (Å²) in [5, 5.41) is 8.23. The quantitative estimate of drug-likeness (QED) is 0.737. The molecule has 2 heterocycles. The highest BCUT2D eigenvalue weighted by Gasteiger charge is 2.24. The zero-order valence-electron chi connectivity index (χ0n) is 14.3. The van der Waals surface area contributed by atoms with Crippen LogP contribution in [0, 0.1) is 5.92 Å². The van der Waals surface area contributed by atoms with Crippen molar-refractivity contribution in [1.29, 1.82) is 0 Å². The Morgan fingerprint density at radius 1 is 1.24 bits per heavy atom. The van der Waals surface area contributed by atoms with E-state index in [9.17, 15) is 4.79 Å². The summed E-state index contributed by atoms with van der Waals surface area (Å²) < 4.78 is 8.57. The zero-order chi connectivity index (χ0) is 18.0. The highest BCUT2D eigenvalue weighted by Crippen LogP contribution is 2.23. The van der Waals surface area contributed by atoms with Crippen molar-refractivity contribution in [2.24, 2.45) is 11.7 Å². The van der Waals surface area contributed by atoms with Gasteiger partial charge in [-0.15, -0.1) is 5.10 Å². The molecule has 25 heavy (non-hydrogen) atoms. The number of amides is 1. The number of hydrogen-bond acceptors (Lipinski definition) is 5. The number of ether oxygens (including phenoxy) is 1. The number of carbonyl (C=O) groups excluding carboxylic acids is 1. The van der Waals surface area contributed by atoms with Gasteiger partial charge in [0.05, 0.1) is 13.3 Å². The molecule has 0 fully saturated rings. The minimum Gasteiger partial charge on any atom is -0.497 e. The third-order valence-corrected chi connectivity index (χ3v) is 3.94. The van der Waals surface area contributed by atoms with Gasteiger partial charge < -0.3 is 10.5 Å². The summed E-state index contributed by atoms with van der Waals surface area (Å²) in [6, 6.07) is 7.05. The van der Waals surface area contributed by atoms with Crippen LogP contribution in [0.4, 0.5) is 0 Å². The number of carbonyl (C=O) groups is 1. The Morgan fingerprint density at radius 2 is 1.96 bits per heavy atom. The van der Waals surface area contributed by atoms with E-state index in [1.54, 1.807) is 19.5 Å². The summed E-state index contributed by atoms with van der Waals surface area (Å²) in [5.41, 5.74) is 6.96. The number of aromatic nitrogens is 5. The maximum absolute atomic E-state index is 11.7. The predicted molar refractivity (Wildman–Crippen MR) is 92.2 cm³/mol. The summed E-state index contributed by atoms with van der Waals surface area (Å²) in [7, 11) is 1.62. The normalized spacial score (nSPS) is 12.3. The van der Waals surface area contributed by atoms with Crippen molar-refractivity contribution in [3.8, 4) is 23.0 Å². The first-order valence-corrected chi connectivity index (χ1v) is 7.90. The molecule has 0 bridgehead atoms. The van der Waals surface area contributed by atoms with Gasteiger partial charge in [0, 0.05) is 18.1 Å². The molecule has 0 aliphatic heterocycles. The van der Waals surface area contributed by atoms with E-state index in [4.69, 9.17) is 10.5 Å². The van der Waals surface area contributed by atoms with Crippen LogP contribution in [0.15, 0.2) is 42.9 Å².